The number of carbonyl (C=O) groups is 1. The average molecular weight is 411 g/mol. The third kappa shape index (κ3) is 5.14. The second kappa shape index (κ2) is 8.79. The molecule has 2 aromatic carbocycles. The van der Waals surface area contributed by atoms with Gasteiger partial charge in [-0.2, -0.15) is 0 Å². The van der Waals surface area contributed by atoms with E-state index < -0.39 is 10.8 Å². The van der Waals surface area contributed by atoms with Crippen LogP contribution < -0.4 is 5.32 Å². The first-order chi connectivity index (χ1) is 13.8. The molecule has 3 rings (SSSR count). The van der Waals surface area contributed by atoms with Gasteiger partial charge in [-0.05, 0) is 42.5 Å². The van der Waals surface area contributed by atoms with Crippen LogP contribution in [0.5, 0.6) is 0 Å². The molecular formula is C21H19ClN4O3. The smallest absolute Gasteiger partial charge is 0.270 e. The van der Waals surface area contributed by atoms with Crippen LogP contribution in [0.1, 0.15) is 40.0 Å². The predicted octanol–water partition coefficient (Wildman–Crippen LogP) is 4.95. The van der Waals surface area contributed by atoms with Gasteiger partial charge in [-0.25, -0.2) is 4.98 Å². The second-order valence-electron chi connectivity index (χ2n) is 6.77. The van der Waals surface area contributed by atoms with Gasteiger partial charge < -0.3 is 5.32 Å². The number of carbonyl (C=O) groups excluding carboxylic acids is 1. The molecule has 0 aliphatic heterocycles. The number of benzene rings is 2. The van der Waals surface area contributed by atoms with Crippen LogP contribution in [-0.2, 0) is 6.42 Å². The van der Waals surface area contributed by atoms with Crippen molar-refractivity contribution in [2.45, 2.75) is 26.2 Å². The largest absolute Gasteiger partial charge is 0.322 e. The molecule has 0 spiro atoms. The third-order valence-electron chi connectivity index (χ3n) is 4.56. The fraction of sp³-hybridized carbons (Fsp3) is 0.190. The highest BCUT2D eigenvalue weighted by molar-refractivity contribution is 6.29. The highest BCUT2D eigenvalue weighted by Gasteiger charge is 2.16. The number of hydrogen-bond donors (Lipinski definition) is 1. The van der Waals surface area contributed by atoms with E-state index >= 15 is 0 Å². The number of nitrogens with one attached hydrogen (secondary N) is 1. The second-order valence-corrected chi connectivity index (χ2v) is 7.16. The van der Waals surface area contributed by atoms with E-state index in [4.69, 9.17) is 11.6 Å². The van der Waals surface area contributed by atoms with E-state index in [9.17, 15) is 14.9 Å². The Morgan fingerprint density at radius 2 is 2.03 bits per heavy atom. The van der Waals surface area contributed by atoms with E-state index in [1.54, 1.807) is 25.3 Å². The number of non-ortho nitro benzene ring substituents is 1. The maximum absolute atomic E-state index is 12.7. The van der Waals surface area contributed by atoms with Gasteiger partial charge in [0.25, 0.3) is 11.6 Å². The van der Waals surface area contributed by atoms with E-state index in [1.807, 2.05) is 25.1 Å². The molecule has 148 valence electrons. The number of aryl methyl sites for hydroxylation is 1. The summed E-state index contributed by atoms with van der Waals surface area (Å²) in [6, 6.07) is 11.7. The van der Waals surface area contributed by atoms with E-state index in [0.717, 1.165) is 11.3 Å². The summed E-state index contributed by atoms with van der Waals surface area (Å²) in [7, 11) is 0. The predicted molar refractivity (Wildman–Crippen MR) is 111 cm³/mol. The summed E-state index contributed by atoms with van der Waals surface area (Å²) in [5.41, 5.74) is 3.23. The number of nitro benzene ring substituents is 1. The highest BCUT2D eigenvalue weighted by atomic mass is 35.5. The lowest BCUT2D eigenvalue weighted by molar-refractivity contribution is -0.384. The third-order valence-corrected chi connectivity index (χ3v) is 4.74. The highest BCUT2D eigenvalue weighted by Crippen LogP contribution is 2.24. The van der Waals surface area contributed by atoms with Crippen molar-refractivity contribution in [2.75, 3.05) is 5.32 Å². The number of anilines is 1. The molecule has 0 saturated carbocycles. The number of aromatic nitrogens is 2. The van der Waals surface area contributed by atoms with Crippen molar-refractivity contribution in [1.29, 1.82) is 0 Å². The summed E-state index contributed by atoms with van der Waals surface area (Å²) in [6.45, 7) is 3.79. The molecule has 1 amide bonds. The van der Waals surface area contributed by atoms with Crippen LogP contribution in [0.2, 0.25) is 5.15 Å². The van der Waals surface area contributed by atoms with Crippen molar-refractivity contribution in [3.8, 4) is 0 Å². The summed E-state index contributed by atoms with van der Waals surface area (Å²) >= 11 is 5.90. The van der Waals surface area contributed by atoms with Crippen molar-refractivity contribution in [3.63, 3.8) is 0 Å². The Morgan fingerprint density at radius 3 is 2.76 bits per heavy atom. The summed E-state index contributed by atoms with van der Waals surface area (Å²) in [6.07, 6.45) is 3.82. The summed E-state index contributed by atoms with van der Waals surface area (Å²) in [5.74, 6) is -0.268. The molecule has 0 unspecified atom stereocenters. The number of nitrogens with zero attached hydrogens (tertiary/aromatic N) is 3. The minimum absolute atomic E-state index is 0.120. The maximum atomic E-state index is 12.7. The molecule has 0 aliphatic carbocycles. The standard InChI is InChI=1S/C21H19ClN4O3/c1-13-6-7-18(26(28)29)10-19(13)21(27)25-16-5-3-4-15(9-16)14(2)8-17-11-23-12-20(22)24-17/h3-7,9-12,14H,8H2,1-2H3,(H,25,27)/t14-/m1/s1. The van der Waals surface area contributed by atoms with Gasteiger partial charge >= 0.3 is 0 Å². The number of halogens is 1. The van der Waals surface area contributed by atoms with Crippen LogP contribution in [0, 0.1) is 17.0 Å². The minimum atomic E-state index is -0.517. The Kier molecular flexibility index (Phi) is 6.19. The van der Waals surface area contributed by atoms with Crippen LogP contribution in [0.15, 0.2) is 54.9 Å². The van der Waals surface area contributed by atoms with E-state index in [-0.39, 0.29) is 17.2 Å². The summed E-state index contributed by atoms with van der Waals surface area (Å²) in [4.78, 5) is 31.4. The molecule has 1 heterocycles. The van der Waals surface area contributed by atoms with Crippen LogP contribution >= 0.6 is 11.6 Å². The zero-order valence-corrected chi connectivity index (χ0v) is 16.7. The lowest BCUT2D eigenvalue weighted by Crippen LogP contribution is -2.14. The van der Waals surface area contributed by atoms with Gasteiger partial charge in [0.2, 0.25) is 0 Å². The van der Waals surface area contributed by atoms with Gasteiger partial charge in [0, 0.05) is 29.6 Å². The molecule has 1 N–H and O–H groups in total. The molecule has 3 aromatic rings. The summed E-state index contributed by atoms with van der Waals surface area (Å²) in [5, 5.41) is 14.2. The Bertz CT molecular complexity index is 1070. The van der Waals surface area contributed by atoms with Gasteiger partial charge in [-0.1, -0.05) is 36.7 Å². The van der Waals surface area contributed by atoms with Gasteiger partial charge in [0.1, 0.15) is 5.15 Å². The Labute approximate surface area is 172 Å². The lowest BCUT2D eigenvalue weighted by atomic mass is 9.96. The van der Waals surface area contributed by atoms with Gasteiger partial charge in [-0.3, -0.25) is 19.9 Å². The van der Waals surface area contributed by atoms with Crippen molar-refractivity contribution in [1.82, 2.24) is 9.97 Å². The van der Waals surface area contributed by atoms with Crippen molar-refractivity contribution >= 4 is 28.9 Å². The first-order valence-corrected chi connectivity index (χ1v) is 9.34. The fourth-order valence-electron chi connectivity index (χ4n) is 3.00. The first kappa shape index (κ1) is 20.4. The van der Waals surface area contributed by atoms with Crippen LogP contribution in [-0.4, -0.2) is 20.8 Å². The lowest BCUT2D eigenvalue weighted by Gasteiger charge is -2.14. The van der Waals surface area contributed by atoms with E-state index in [1.165, 1.54) is 18.3 Å². The Balaban J connectivity index is 1.77. The zero-order chi connectivity index (χ0) is 21.0. The molecule has 7 nitrogen and oxygen atoms in total. The zero-order valence-electron chi connectivity index (χ0n) is 15.9. The molecule has 1 aromatic heterocycles. The Morgan fingerprint density at radius 1 is 1.24 bits per heavy atom. The molecule has 0 aliphatic rings. The molecule has 8 heteroatoms. The van der Waals surface area contributed by atoms with Crippen LogP contribution in [0.25, 0.3) is 0 Å². The van der Waals surface area contributed by atoms with Crippen molar-refractivity contribution in [3.05, 3.63) is 92.5 Å². The van der Waals surface area contributed by atoms with Gasteiger partial charge in [0.05, 0.1) is 16.8 Å². The summed E-state index contributed by atoms with van der Waals surface area (Å²) < 4.78 is 0. The fourth-order valence-corrected chi connectivity index (χ4v) is 3.16. The van der Waals surface area contributed by atoms with Crippen molar-refractivity contribution < 1.29 is 9.72 Å². The molecule has 29 heavy (non-hydrogen) atoms. The normalized spacial score (nSPS) is 11.7. The number of amides is 1. The molecule has 1 atom stereocenters. The van der Waals surface area contributed by atoms with E-state index in [0.29, 0.717) is 22.8 Å². The number of hydrogen-bond acceptors (Lipinski definition) is 5. The SMILES string of the molecule is Cc1ccc([N+](=O)[O-])cc1C(=O)Nc1cccc([C@H](C)Cc2cncc(Cl)n2)c1. The van der Waals surface area contributed by atoms with E-state index in [2.05, 4.69) is 15.3 Å². The average Bonchev–Trinajstić information content (AvgIpc) is 2.68. The molecule has 0 radical (unpaired) electrons. The van der Waals surface area contributed by atoms with Gasteiger partial charge in [-0.15, -0.1) is 0 Å². The molecule has 0 bridgehead atoms. The molecule has 0 saturated heterocycles. The molecular weight excluding hydrogens is 392 g/mol. The van der Waals surface area contributed by atoms with Crippen LogP contribution in [0.3, 0.4) is 0 Å². The number of nitro groups is 1. The first-order valence-electron chi connectivity index (χ1n) is 8.96. The monoisotopic (exact) mass is 410 g/mol. The van der Waals surface area contributed by atoms with Crippen molar-refractivity contribution in [2.24, 2.45) is 0 Å². The maximum Gasteiger partial charge on any atom is 0.270 e. The van der Waals surface area contributed by atoms with Gasteiger partial charge in [0.15, 0.2) is 0 Å². The molecule has 0 fully saturated rings. The number of rotatable bonds is 6. The Hall–Kier alpha value is -3.32. The quantitative estimate of drug-likeness (QED) is 0.458. The minimum Gasteiger partial charge on any atom is -0.322 e. The van der Waals surface area contributed by atoms with Crippen LogP contribution in [0.4, 0.5) is 11.4 Å². The topological polar surface area (TPSA) is 98.0 Å².